The van der Waals surface area contributed by atoms with E-state index in [-0.39, 0.29) is 0 Å². The van der Waals surface area contributed by atoms with Crippen LogP contribution in [0.4, 0.5) is 5.82 Å². The molecule has 0 aliphatic rings. The Labute approximate surface area is 82.2 Å². The minimum atomic E-state index is 0.362. The lowest BCUT2D eigenvalue weighted by Gasteiger charge is -2.23. The average molecular weight is 198 g/mol. The summed E-state index contributed by atoms with van der Waals surface area (Å²) in [7, 11) is 1.75. The summed E-state index contributed by atoms with van der Waals surface area (Å²) in [5.74, 6) is 0.729. The molecule has 0 saturated carbocycles. The number of hydrazine groups is 1. The Hall–Kier alpha value is -0.940. The third-order valence-corrected chi connectivity index (χ3v) is 1.77. The van der Waals surface area contributed by atoms with Gasteiger partial charge in [-0.2, -0.15) is 0 Å². The van der Waals surface area contributed by atoms with Crippen molar-refractivity contribution < 1.29 is 0 Å². The van der Waals surface area contributed by atoms with E-state index >= 15 is 0 Å². The number of nitrogens with zero attached hydrogens (tertiary/aromatic N) is 2. The van der Waals surface area contributed by atoms with Crippen molar-refractivity contribution in [1.29, 1.82) is 0 Å². The van der Waals surface area contributed by atoms with Crippen LogP contribution in [0.25, 0.3) is 0 Å². The lowest BCUT2D eigenvalue weighted by atomic mass is 10.5. The van der Waals surface area contributed by atoms with Crippen LogP contribution in [0.2, 0.25) is 0 Å². The van der Waals surface area contributed by atoms with Gasteiger partial charge in [0.1, 0.15) is 5.82 Å². The monoisotopic (exact) mass is 198 g/mol. The van der Waals surface area contributed by atoms with Gasteiger partial charge in [-0.05, 0) is 16.5 Å². The summed E-state index contributed by atoms with van der Waals surface area (Å²) >= 11 is 9.54. The molecule has 0 saturated heterocycles. The number of thiocarbonyl (C=S) groups is 1. The van der Waals surface area contributed by atoms with E-state index in [9.17, 15) is 0 Å². The maximum Gasteiger partial charge on any atom is 0.144 e. The van der Waals surface area contributed by atoms with Gasteiger partial charge in [-0.15, -0.1) is 0 Å². The van der Waals surface area contributed by atoms with E-state index in [2.05, 4.69) is 10.4 Å². The zero-order valence-electron chi connectivity index (χ0n) is 6.52. The van der Waals surface area contributed by atoms with Crippen LogP contribution < -0.4 is 5.43 Å². The van der Waals surface area contributed by atoms with Gasteiger partial charge in [-0.1, -0.05) is 6.07 Å². The molecule has 5 heteroatoms. The lowest BCUT2D eigenvalue weighted by molar-refractivity contribution is 0.628. The number of pyridine rings is 1. The summed E-state index contributed by atoms with van der Waals surface area (Å²) in [6.07, 6.45) is 1.70. The number of aromatic nitrogens is 1. The first-order valence-electron chi connectivity index (χ1n) is 3.32. The first kappa shape index (κ1) is 9.15. The molecule has 1 aromatic heterocycles. The molecule has 1 N–H and O–H groups in total. The van der Waals surface area contributed by atoms with E-state index in [0.29, 0.717) is 4.32 Å². The second-order valence-corrected chi connectivity index (χ2v) is 3.18. The van der Waals surface area contributed by atoms with E-state index in [1.54, 1.807) is 18.3 Å². The number of hydrogen-bond acceptors (Lipinski definition) is 4. The molecule has 1 heterocycles. The number of anilines is 1. The molecular weight excluding hydrogens is 190 g/mol. The minimum absolute atomic E-state index is 0.362. The molecule has 0 aromatic carbocycles. The molecule has 12 heavy (non-hydrogen) atoms. The Morgan fingerprint density at radius 2 is 2.42 bits per heavy atom. The fraction of sp³-hybridized carbons (Fsp3) is 0.143. The smallest absolute Gasteiger partial charge is 0.144 e. The Morgan fingerprint density at radius 3 is 2.92 bits per heavy atom. The zero-order chi connectivity index (χ0) is 8.97. The molecule has 0 aliphatic heterocycles. The largest absolute Gasteiger partial charge is 0.409 e. The van der Waals surface area contributed by atoms with Gasteiger partial charge in [-0.3, -0.25) is 5.43 Å². The predicted octanol–water partition coefficient (Wildman–Crippen LogP) is 1.17. The van der Waals surface area contributed by atoms with Crippen LogP contribution in [0.3, 0.4) is 0 Å². The van der Waals surface area contributed by atoms with Gasteiger partial charge in [0.05, 0.1) is 0 Å². The van der Waals surface area contributed by atoms with Gasteiger partial charge in [0.15, 0.2) is 0 Å². The molecule has 0 fully saturated rings. The van der Waals surface area contributed by atoms with Crippen LogP contribution in [0.15, 0.2) is 24.4 Å². The number of rotatable bonds is 2. The fourth-order valence-corrected chi connectivity index (χ4v) is 0.738. The van der Waals surface area contributed by atoms with E-state index < -0.39 is 0 Å². The molecule has 1 aromatic rings. The summed E-state index contributed by atoms with van der Waals surface area (Å²) in [5, 5.41) is 1.56. The van der Waals surface area contributed by atoms with E-state index in [1.165, 1.54) is 0 Å². The molecule has 0 unspecified atom stereocenters. The van der Waals surface area contributed by atoms with Crippen LogP contribution in [0.5, 0.6) is 0 Å². The van der Waals surface area contributed by atoms with Crippen molar-refractivity contribution in [2.75, 3.05) is 12.5 Å². The van der Waals surface area contributed by atoms with E-state index in [1.807, 2.05) is 18.2 Å². The third-order valence-electron chi connectivity index (χ3n) is 1.22. The topological polar surface area (TPSA) is 28.2 Å². The first-order valence-corrected chi connectivity index (χ1v) is 4.14. The zero-order valence-corrected chi connectivity index (χ0v) is 8.15. The Balaban J connectivity index is 2.58. The van der Waals surface area contributed by atoms with Gasteiger partial charge in [-0.25, -0.2) is 4.98 Å². The van der Waals surface area contributed by atoms with Crippen LogP contribution in [0.1, 0.15) is 0 Å². The van der Waals surface area contributed by atoms with Gasteiger partial charge in [0, 0.05) is 13.2 Å². The molecule has 0 radical (unpaired) electrons. The maximum atomic E-state index is 4.77. The van der Waals surface area contributed by atoms with Crippen LogP contribution >= 0.6 is 12.2 Å². The second-order valence-electron chi connectivity index (χ2n) is 2.15. The third kappa shape index (κ3) is 2.60. The van der Waals surface area contributed by atoms with Crippen molar-refractivity contribution in [2.45, 2.75) is 0 Å². The Morgan fingerprint density at radius 1 is 1.67 bits per heavy atom. The van der Waals surface area contributed by atoms with Gasteiger partial charge in [0.25, 0.3) is 0 Å². The van der Waals surface area contributed by atoms with E-state index in [0.717, 1.165) is 5.82 Å². The second kappa shape index (κ2) is 4.18. The standard InChI is InChI=1S/C7H9N3S2/c1-10(7(11)12)9-6-4-2-3-5-8-6/h2-5H,1H3,(H,8,9)(H,11,12)/p-1. The lowest BCUT2D eigenvalue weighted by Crippen LogP contribution is -2.29. The highest BCUT2D eigenvalue weighted by atomic mass is 32.1. The molecule has 0 bridgehead atoms. The number of hydrogen-bond donors (Lipinski definition) is 1. The van der Waals surface area contributed by atoms with Crippen LogP contribution in [-0.4, -0.2) is 21.4 Å². The molecule has 64 valence electrons. The summed E-state index contributed by atoms with van der Waals surface area (Å²) in [4.78, 5) is 4.04. The van der Waals surface area contributed by atoms with Crippen molar-refractivity contribution in [1.82, 2.24) is 9.99 Å². The summed E-state index contributed by atoms with van der Waals surface area (Å²) in [6.45, 7) is 0. The molecule has 0 spiro atoms. The Kier molecular flexibility index (Phi) is 3.19. The van der Waals surface area contributed by atoms with Crippen molar-refractivity contribution in [3.63, 3.8) is 0 Å². The molecule has 1 rings (SSSR count). The quantitative estimate of drug-likeness (QED) is 0.437. The maximum absolute atomic E-state index is 4.77. The molecule has 0 amide bonds. The minimum Gasteiger partial charge on any atom is -0.409 e. The SMILES string of the molecule is CN(Nc1ccccn1)C(=S)[S-]. The van der Waals surface area contributed by atoms with Crippen LogP contribution in [0, 0.1) is 0 Å². The van der Waals surface area contributed by atoms with Crippen molar-refractivity contribution >= 4 is 35.0 Å². The highest BCUT2D eigenvalue weighted by Crippen LogP contribution is 2.00. The predicted molar refractivity (Wildman–Crippen MR) is 55.6 cm³/mol. The average Bonchev–Trinajstić information content (AvgIpc) is 2.06. The molecule has 0 atom stereocenters. The molecular formula is C7H8N3S2-. The molecule has 3 nitrogen and oxygen atoms in total. The highest BCUT2D eigenvalue weighted by molar-refractivity contribution is 8.00. The summed E-state index contributed by atoms with van der Waals surface area (Å²) in [6, 6.07) is 5.57. The summed E-state index contributed by atoms with van der Waals surface area (Å²) in [5.41, 5.74) is 2.92. The van der Waals surface area contributed by atoms with Crippen molar-refractivity contribution in [3.05, 3.63) is 24.4 Å². The van der Waals surface area contributed by atoms with Crippen molar-refractivity contribution in [3.8, 4) is 0 Å². The van der Waals surface area contributed by atoms with Gasteiger partial charge < -0.3 is 29.9 Å². The highest BCUT2D eigenvalue weighted by Gasteiger charge is 1.92. The number of nitrogens with one attached hydrogen (secondary N) is 1. The molecule has 0 aliphatic carbocycles. The summed E-state index contributed by atoms with van der Waals surface area (Å²) < 4.78 is 0.362. The van der Waals surface area contributed by atoms with Gasteiger partial charge >= 0.3 is 0 Å². The van der Waals surface area contributed by atoms with Crippen molar-refractivity contribution in [2.24, 2.45) is 0 Å². The first-order chi connectivity index (χ1) is 5.70. The van der Waals surface area contributed by atoms with Crippen LogP contribution in [-0.2, 0) is 12.6 Å². The fourth-order valence-electron chi connectivity index (χ4n) is 0.646. The normalized spacial score (nSPS) is 9.08. The Bertz CT molecular complexity index is 263. The van der Waals surface area contributed by atoms with E-state index in [4.69, 9.17) is 24.8 Å². The van der Waals surface area contributed by atoms with Gasteiger partial charge in [0.2, 0.25) is 0 Å².